The minimum Gasteiger partial charge on any atom is -0.497 e. The fourth-order valence-electron chi connectivity index (χ4n) is 3.28. The Kier molecular flexibility index (Phi) is 6.54. The van der Waals surface area contributed by atoms with Crippen LogP contribution in [-0.2, 0) is 17.6 Å². The lowest BCUT2D eigenvalue weighted by Gasteiger charge is -2.11. The molecule has 2 aromatic carbocycles. The van der Waals surface area contributed by atoms with E-state index in [4.69, 9.17) is 9.47 Å². The first-order valence-corrected chi connectivity index (χ1v) is 9.60. The van der Waals surface area contributed by atoms with Crippen molar-refractivity contribution in [1.29, 1.82) is 0 Å². The number of aryl methyl sites for hydroxylation is 2. The number of aromatic amines is 1. The monoisotopic (exact) mass is 394 g/mol. The van der Waals surface area contributed by atoms with Gasteiger partial charge in [0.2, 0.25) is 5.91 Å². The van der Waals surface area contributed by atoms with Gasteiger partial charge >= 0.3 is 0 Å². The van der Waals surface area contributed by atoms with Crippen molar-refractivity contribution in [1.82, 2.24) is 10.3 Å². The molecule has 1 aromatic heterocycles. The van der Waals surface area contributed by atoms with Crippen LogP contribution in [0.5, 0.6) is 11.5 Å². The van der Waals surface area contributed by atoms with E-state index >= 15 is 0 Å². The summed E-state index contributed by atoms with van der Waals surface area (Å²) in [4.78, 5) is 27.4. The zero-order chi connectivity index (χ0) is 20.8. The first kappa shape index (κ1) is 20.5. The Morgan fingerprint density at radius 1 is 1.00 bits per heavy atom. The number of nitrogens with one attached hydrogen (secondary N) is 2. The second-order valence-electron chi connectivity index (χ2n) is 6.99. The van der Waals surface area contributed by atoms with Gasteiger partial charge in [0.25, 0.3) is 5.56 Å². The maximum absolute atomic E-state index is 12.3. The van der Waals surface area contributed by atoms with Crippen LogP contribution in [0, 0.1) is 6.92 Å². The molecule has 0 saturated carbocycles. The molecule has 0 aliphatic rings. The van der Waals surface area contributed by atoms with Gasteiger partial charge in [0.05, 0.1) is 14.2 Å². The Hall–Kier alpha value is -3.28. The Labute approximate surface area is 169 Å². The maximum atomic E-state index is 12.3. The third kappa shape index (κ3) is 5.16. The fraction of sp³-hybridized carbons (Fsp3) is 0.304. The molecule has 0 aliphatic carbocycles. The van der Waals surface area contributed by atoms with Gasteiger partial charge in [-0.1, -0.05) is 18.2 Å². The highest BCUT2D eigenvalue weighted by Crippen LogP contribution is 2.24. The van der Waals surface area contributed by atoms with E-state index in [1.807, 2.05) is 49.4 Å². The van der Waals surface area contributed by atoms with E-state index in [1.165, 1.54) is 0 Å². The van der Waals surface area contributed by atoms with Crippen molar-refractivity contribution in [3.8, 4) is 11.5 Å². The zero-order valence-corrected chi connectivity index (χ0v) is 17.0. The summed E-state index contributed by atoms with van der Waals surface area (Å²) in [5.41, 5.74) is 3.38. The summed E-state index contributed by atoms with van der Waals surface area (Å²) >= 11 is 0. The largest absolute Gasteiger partial charge is 0.497 e. The lowest BCUT2D eigenvalue weighted by molar-refractivity contribution is -0.121. The fourth-order valence-corrected chi connectivity index (χ4v) is 3.28. The van der Waals surface area contributed by atoms with Crippen molar-refractivity contribution >= 4 is 16.8 Å². The Bertz CT molecular complexity index is 1070. The van der Waals surface area contributed by atoms with Gasteiger partial charge in [-0.3, -0.25) is 9.59 Å². The normalized spacial score (nSPS) is 10.7. The molecule has 3 rings (SSSR count). The second-order valence-corrected chi connectivity index (χ2v) is 6.99. The van der Waals surface area contributed by atoms with E-state index in [0.717, 1.165) is 33.5 Å². The second kappa shape index (κ2) is 9.28. The Morgan fingerprint density at radius 3 is 2.59 bits per heavy atom. The molecule has 152 valence electrons. The number of benzene rings is 2. The molecule has 29 heavy (non-hydrogen) atoms. The highest BCUT2D eigenvalue weighted by atomic mass is 16.5. The van der Waals surface area contributed by atoms with Crippen LogP contribution in [0.1, 0.15) is 23.1 Å². The molecule has 0 fully saturated rings. The lowest BCUT2D eigenvalue weighted by Crippen LogP contribution is -2.26. The van der Waals surface area contributed by atoms with Crippen molar-refractivity contribution < 1.29 is 14.3 Å². The number of pyridine rings is 1. The molecule has 0 aliphatic heterocycles. The van der Waals surface area contributed by atoms with Crippen LogP contribution in [-0.4, -0.2) is 31.7 Å². The van der Waals surface area contributed by atoms with E-state index in [1.54, 1.807) is 14.2 Å². The van der Waals surface area contributed by atoms with Crippen molar-refractivity contribution in [3.05, 3.63) is 69.5 Å². The molecular formula is C23H26N2O4. The quantitative estimate of drug-likeness (QED) is 0.615. The Morgan fingerprint density at radius 2 is 1.83 bits per heavy atom. The molecule has 1 heterocycles. The Balaban J connectivity index is 1.54. The maximum Gasteiger partial charge on any atom is 0.251 e. The van der Waals surface area contributed by atoms with Crippen molar-refractivity contribution in [2.45, 2.75) is 26.2 Å². The summed E-state index contributed by atoms with van der Waals surface area (Å²) in [5, 5.41) is 3.88. The molecule has 2 N–H and O–H groups in total. The number of aromatic nitrogens is 1. The van der Waals surface area contributed by atoms with Gasteiger partial charge in [0.15, 0.2) is 0 Å². The van der Waals surface area contributed by atoms with Gasteiger partial charge in [-0.15, -0.1) is 0 Å². The molecule has 0 spiro atoms. The number of ether oxygens (including phenoxy) is 2. The first-order chi connectivity index (χ1) is 14.0. The zero-order valence-electron chi connectivity index (χ0n) is 17.0. The lowest BCUT2D eigenvalue weighted by atomic mass is 10.1. The van der Waals surface area contributed by atoms with Crippen LogP contribution in [0.2, 0.25) is 0 Å². The van der Waals surface area contributed by atoms with E-state index < -0.39 is 0 Å². The first-order valence-electron chi connectivity index (χ1n) is 9.60. The third-order valence-electron chi connectivity index (χ3n) is 4.91. The highest BCUT2D eigenvalue weighted by Gasteiger charge is 2.09. The molecule has 0 saturated heterocycles. The van der Waals surface area contributed by atoms with Crippen molar-refractivity contribution in [2.24, 2.45) is 0 Å². The summed E-state index contributed by atoms with van der Waals surface area (Å²) in [6, 6.07) is 13.4. The van der Waals surface area contributed by atoms with Gasteiger partial charge in [-0.25, -0.2) is 0 Å². The number of H-pyrrole nitrogens is 1. The number of carbonyl (C=O) groups excluding carboxylic acids is 1. The summed E-state index contributed by atoms with van der Waals surface area (Å²) in [7, 11) is 3.22. The summed E-state index contributed by atoms with van der Waals surface area (Å²) < 4.78 is 10.6. The van der Waals surface area contributed by atoms with Crippen LogP contribution in [0.25, 0.3) is 10.9 Å². The molecule has 1 amide bonds. The number of carbonyl (C=O) groups is 1. The summed E-state index contributed by atoms with van der Waals surface area (Å²) in [6.45, 7) is 2.48. The molecule has 0 radical (unpaired) electrons. The number of hydrogen-bond donors (Lipinski definition) is 2. The van der Waals surface area contributed by atoms with Gasteiger partial charge in [0.1, 0.15) is 11.5 Å². The smallest absolute Gasteiger partial charge is 0.251 e. The molecule has 0 atom stereocenters. The number of methoxy groups -OCH3 is 2. The van der Waals surface area contributed by atoms with Crippen molar-refractivity contribution in [3.63, 3.8) is 0 Å². The summed E-state index contributed by atoms with van der Waals surface area (Å²) in [6.07, 6.45) is 1.31. The highest BCUT2D eigenvalue weighted by molar-refractivity contribution is 5.80. The minimum atomic E-state index is -0.140. The number of hydrogen-bond acceptors (Lipinski definition) is 4. The predicted octanol–water partition coefficient (Wildman–Crippen LogP) is 3.15. The van der Waals surface area contributed by atoms with Gasteiger partial charge in [-0.2, -0.15) is 0 Å². The molecule has 0 unspecified atom stereocenters. The van der Waals surface area contributed by atoms with E-state index in [-0.39, 0.29) is 17.9 Å². The third-order valence-corrected chi connectivity index (χ3v) is 4.91. The van der Waals surface area contributed by atoms with E-state index in [0.29, 0.717) is 24.9 Å². The molecule has 6 heteroatoms. The SMILES string of the molecule is COc1ccc(CCNC(=O)CCc2cc3ccc(C)cc3[nH]c2=O)c(OC)c1. The minimum absolute atomic E-state index is 0.0825. The number of fused-ring (bicyclic) bond motifs is 1. The summed E-state index contributed by atoms with van der Waals surface area (Å²) in [5.74, 6) is 1.38. The topological polar surface area (TPSA) is 80.4 Å². The van der Waals surface area contributed by atoms with Crippen LogP contribution in [0.15, 0.2) is 47.3 Å². The molecular weight excluding hydrogens is 368 g/mol. The van der Waals surface area contributed by atoms with Crippen LogP contribution < -0.4 is 20.3 Å². The van der Waals surface area contributed by atoms with E-state index in [2.05, 4.69) is 10.3 Å². The average molecular weight is 394 g/mol. The molecule has 3 aromatic rings. The van der Waals surface area contributed by atoms with Gasteiger partial charge < -0.3 is 19.8 Å². The molecule has 0 bridgehead atoms. The average Bonchev–Trinajstić information content (AvgIpc) is 2.72. The van der Waals surface area contributed by atoms with E-state index in [9.17, 15) is 9.59 Å². The van der Waals surface area contributed by atoms with Crippen LogP contribution in [0.3, 0.4) is 0 Å². The van der Waals surface area contributed by atoms with Gasteiger partial charge in [-0.05, 0) is 54.5 Å². The van der Waals surface area contributed by atoms with Crippen LogP contribution in [0.4, 0.5) is 0 Å². The van der Waals surface area contributed by atoms with Gasteiger partial charge in [0, 0.05) is 30.1 Å². The number of amides is 1. The standard InChI is InChI=1S/C23H26N2O4/c1-15-4-5-17-13-18(23(27)25-20(17)12-15)7-9-22(26)24-11-10-16-6-8-19(28-2)14-21(16)29-3/h4-6,8,12-14H,7,9-11H2,1-3H3,(H,24,26)(H,25,27). The van der Waals surface area contributed by atoms with Crippen molar-refractivity contribution in [2.75, 3.05) is 20.8 Å². The number of rotatable bonds is 8. The molecule has 6 nitrogen and oxygen atoms in total. The predicted molar refractivity (Wildman–Crippen MR) is 114 cm³/mol. The van der Waals surface area contributed by atoms with Crippen LogP contribution >= 0.6 is 0 Å².